The van der Waals surface area contributed by atoms with Crippen molar-refractivity contribution in [3.05, 3.63) is 54.2 Å². The number of alkyl halides is 1. The summed E-state index contributed by atoms with van der Waals surface area (Å²) in [7, 11) is 1.90. The predicted molar refractivity (Wildman–Crippen MR) is 163 cm³/mol. The average molecular weight is 593 g/mol. The summed E-state index contributed by atoms with van der Waals surface area (Å²) in [5.41, 5.74) is 3.20. The number of nitrogens with zero attached hydrogens (tertiary/aromatic N) is 5. The average Bonchev–Trinajstić information content (AvgIpc) is 3.42. The zero-order chi connectivity index (χ0) is 30.5. The number of nitrogens with one attached hydrogen (secondary N) is 3. The van der Waals surface area contributed by atoms with Gasteiger partial charge in [-0.05, 0) is 62.4 Å². The molecule has 1 aromatic carbocycles. The monoisotopic (exact) mass is 592 g/mol. The second-order valence-electron chi connectivity index (χ2n) is 11.8. The first kappa shape index (κ1) is 30.4. The molecule has 2 amide bonds. The van der Waals surface area contributed by atoms with Crippen molar-refractivity contribution in [3.63, 3.8) is 0 Å². The molecule has 2 aliphatic rings. The van der Waals surface area contributed by atoms with Crippen LogP contribution in [-0.4, -0.2) is 74.8 Å². The van der Waals surface area contributed by atoms with E-state index >= 15 is 0 Å². The number of hydrogen-bond donors (Lipinski definition) is 3. The van der Waals surface area contributed by atoms with Crippen LogP contribution in [0.25, 0.3) is 5.65 Å². The van der Waals surface area contributed by atoms with Gasteiger partial charge in [0.05, 0.1) is 6.20 Å². The van der Waals surface area contributed by atoms with E-state index in [4.69, 9.17) is 4.74 Å². The van der Waals surface area contributed by atoms with Gasteiger partial charge in [0.25, 0.3) is 0 Å². The van der Waals surface area contributed by atoms with Crippen LogP contribution >= 0.6 is 0 Å². The number of rotatable bonds is 10. The Hall–Kier alpha value is -4.06. The van der Waals surface area contributed by atoms with Gasteiger partial charge in [0.1, 0.15) is 12.3 Å². The molecule has 1 aliphatic carbocycles. The first-order valence-corrected chi connectivity index (χ1v) is 15.0. The van der Waals surface area contributed by atoms with Crippen LogP contribution in [0.4, 0.5) is 16.0 Å². The highest BCUT2D eigenvalue weighted by Gasteiger charge is 2.31. The lowest BCUT2D eigenvalue weighted by Gasteiger charge is -2.31. The quantitative estimate of drug-likeness (QED) is 0.301. The van der Waals surface area contributed by atoms with Crippen molar-refractivity contribution in [3.8, 4) is 6.01 Å². The highest BCUT2D eigenvalue weighted by Crippen LogP contribution is 2.27. The van der Waals surface area contributed by atoms with Gasteiger partial charge in [-0.25, -0.2) is 4.39 Å². The molecular weight excluding hydrogens is 551 g/mol. The van der Waals surface area contributed by atoms with Gasteiger partial charge >= 0.3 is 6.01 Å². The lowest BCUT2D eigenvalue weighted by molar-refractivity contribution is -0.121. The molecular formula is C31H41FN8O3. The van der Waals surface area contributed by atoms with E-state index in [-0.39, 0.29) is 35.7 Å². The molecule has 12 heteroatoms. The SMILES string of the molecule is C=CC(=O)NC1CCC(C(=O)Nc2cccc(CNc3nc(OC4CCN(C)CC4F)nc4c(C(C)C)cnn34)c2)CC1. The summed E-state index contributed by atoms with van der Waals surface area (Å²) in [6, 6.07) is 7.84. The summed E-state index contributed by atoms with van der Waals surface area (Å²) in [6.07, 6.45) is 4.81. The van der Waals surface area contributed by atoms with E-state index in [9.17, 15) is 14.0 Å². The molecule has 11 nitrogen and oxygen atoms in total. The summed E-state index contributed by atoms with van der Waals surface area (Å²) in [4.78, 5) is 35.7. The Balaban J connectivity index is 1.25. The van der Waals surface area contributed by atoms with Crippen molar-refractivity contribution < 1.29 is 18.7 Å². The minimum absolute atomic E-state index is 0.0178. The molecule has 1 saturated carbocycles. The maximum atomic E-state index is 14.7. The highest BCUT2D eigenvalue weighted by molar-refractivity contribution is 5.92. The third kappa shape index (κ3) is 7.48. The van der Waals surface area contributed by atoms with Crippen molar-refractivity contribution in [2.75, 3.05) is 30.8 Å². The van der Waals surface area contributed by atoms with E-state index in [0.717, 1.165) is 30.5 Å². The topological polar surface area (TPSA) is 126 Å². The lowest BCUT2D eigenvalue weighted by Crippen LogP contribution is -2.45. The summed E-state index contributed by atoms with van der Waals surface area (Å²) < 4.78 is 22.4. The van der Waals surface area contributed by atoms with Crippen molar-refractivity contribution >= 4 is 29.1 Å². The van der Waals surface area contributed by atoms with Crippen molar-refractivity contribution in [2.24, 2.45) is 5.92 Å². The number of hydrogen-bond acceptors (Lipinski definition) is 8. The number of piperidine rings is 1. The number of fused-ring (bicyclic) bond motifs is 1. The Kier molecular flexibility index (Phi) is 9.54. The van der Waals surface area contributed by atoms with Crippen LogP contribution < -0.4 is 20.7 Å². The number of likely N-dealkylation sites (tertiary alicyclic amines) is 1. The second kappa shape index (κ2) is 13.5. The molecule has 2 fully saturated rings. The smallest absolute Gasteiger partial charge is 0.322 e. The standard InChI is InChI=1S/C31H41FN8O3/c1-5-27(41)35-22-11-9-21(10-12-22)29(42)36-23-8-6-7-20(15-23)16-33-30-38-31(43-26-13-14-39(4)18-25(26)32)37-28-24(19(2)3)17-34-40(28)30/h5-8,15,17,19,21-22,25-26H,1,9-14,16,18H2,2-4H3,(H,35,41)(H,36,42)(H,33,37,38). The second-order valence-corrected chi connectivity index (χ2v) is 11.8. The van der Waals surface area contributed by atoms with E-state index in [1.54, 1.807) is 10.7 Å². The zero-order valence-electron chi connectivity index (χ0n) is 25.1. The van der Waals surface area contributed by atoms with Gasteiger partial charge in [0.15, 0.2) is 5.65 Å². The van der Waals surface area contributed by atoms with Crippen LogP contribution in [0, 0.1) is 5.92 Å². The summed E-state index contributed by atoms with van der Waals surface area (Å²) >= 11 is 0. The summed E-state index contributed by atoms with van der Waals surface area (Å²) in [6.45, 7) is 9.07. The minimum Gasteiger partial charge on any atom is -0.457 e. The number of halogens is 1. The fourth-order valence-corrected chi connectivity index (χ4v) is 5.70. The first-order chi connectivity index (χ1) is 20.7. The highest BCUT2D eigenvalue weighted by atomic mass is 19.1. The van der Waals surface area contributed by atoms with Gasteiger partial charge in [-0.1, -0.05) is 32.6 Å². The number of carbonyl (C=O) groups is 2. The van der Waals surface area contributed by atoms with Gasteiger partial charge in [0, 0.05) is 49.3 Å². The van der Waals surface area contributed by atoms with Gasteiger partial charge in [-0.3, -0.25) is 9.59 Å². The molecule has 3 heterocycles. The van der Waals surface area contributed by atoms with Crippen molar-refractivity contribution in [1.29, 1.82) is 0 Å². The molecule has 5 rings (SSSR count). The van der Waals surface area contributed by atoms with Crippen LogP contribution in [0.5, 0.6) is 6.01 Å². The van der Waals surface area contributed by atoms with E-state index in [0.29, 0.717) is 49.6 Å². The molecule has 2 aromatic heterocycles. The van der Waals surface area contributed by atoms with Crippen LogP contribution in [0.2, 0.25) is 0 Å². The number of benzene rings is 1. The summed E-state index contributed by atoms with van der Waals surface area (Å²) in [5.74, 6) is 0.311. The van der Waals surface area contributed by atoms with Crippen molar-refractivity contribution in [2.45, 2.75) is 76.7 Å². The largest absolute Gasteiger partial charge is 0.457 e. The molecule has 3 aromatic rings. The predicted octanol–water partition coefficient (Wildman–Crippen LogP) is 4.08. The molecule has 230 valence electrons. The fourth-order valence-electron chi connectivity index (χ4n) is 5.70. The maximum Gasteiger partial charge on any atom is 0.322 e. The van der Waals surface area contributed by atoms with Crippen LogP contribution in [0.15, 0.2) is 43.1 Å². The molecule has 2 atom stereocenters. The Bertz CT molecular complexity index is 1450. The third-order valence-corrected chi connectivity index (χ3v) is 8.21. The van der Waals surface area contributed by atoms with Crippen molar-refractivity contribution in [1.82, 2.24) is 29.8 Å². The number of ether oxygens (including phenoxy) is 1. The fraction of sp³-hybridized carbons (Fsp3) is 0.516. The van der Waals surface area contributed by atoms with E-state index in [2.05, 4.69) is 51.4 Å². The lowest BCUT2D eigenvalue weighted by atomic mass is 9.85. The number of anilines is 2. The molecule has 0 spiro atoms. The molecule has 2 unspecified atom stereocenters. The van der Waals surface area contributed by atoms with E-state index in [1.165, 1.54) is 6.08 Å². The van der Waals surface area contributed by atoms with Crippen LogP contribution in [0.1, 0.15) is 63.0 Å². The minimum atomic E-state index is -1.13. The molecule has 0 radical (unpaired) electrons. The Labute approximate surface area is 251 Å². The molecule has 43 heavy (non-hydrogen) atoms. The maximum absolute atomic E-state index is 14.7. The Morgan fingerprint density at radius 2 is 1.98 bits per heavy atom. The molecule has 3 N–H and O–H groups in total. The number of aromatic nitrogens is 4. The normalized spacial score (nSPS) is 22.7. The Morgan fingerprint density at radius 3 is 2.70 bits per heavy atom. The van der Waals surface area contributed by atoms with E-state index < -0.39 is 12.3 Å². The van der Waals surface area contributed by atoms with Crippen LogP contribution in [0.3, 0.4) is 0 Å². The summed E-state index contributed by atoms with van der Waals surface area (Å²) in [5, 5.41) is 13.8. The first-order valence-electron chi connectivity index (χ1n) is 15.0. The molecule has 0 bridgehead atoms. The van der Waals surface area contributed by atoms with Gasteiger partial charge in [-0.15, -0.1) is 0 Å². The van der Waals surface area contributed by atoms with Gasteiger partial charge in [0.2, 0.25) is 17.8 Å². The van der Waals surface area contributed by atoms with Gasteiger partial charge < -0.3 is 25.6 Å². The molecule has 1 saturated heterocycles. The Morgan fingerprint density at radius 1 is 1.19 bits per heavy atom. The van der Waals surface area contributed by atoms with Crippen LogP contribution in [-0.2, 0) is 16.1 Å². The molecule has 1 aliphatic heterocycles. The number of amides is 2. The van der Waals surface area contributed by atoms with Gasteiger partial charge in [-0.2, -0.15) is 19.6 Å². The third-order valence-electron chi connectivity index (χ3n) is 8.21. The van der Waals surface area contributed by atoms with E-state index in [1.807, 2.05) is 36.2 Å². The zero-order valence-corrected chi connectivity index (χ0v) is 25.1. The number of carbonyl (C=O) groups excluding carboxylic acids is 2.